The van der Waals surface area contributed by atoms with Crippen LogP contribution in [0.25, 0.3) is 0 Å². The molecular weight excluding hydrogens is 150 g/mol. The zero-order valence-corrected chi connectivity index (χ0v) is 8.26. The third-order valence-electron chi connectivity index (χ3n) is 1.85. The van der Waals surface area contributed by atoms with Crippen molar-refractivity contribution in [1.29, 1.82) is 0 Å². The molecule has 0 saturated heterocycles. The van der Waals surface area contributed by atoms with Gasteiger partial charge >= 0.3 is 0 Å². The number of hydrogen-bond acceptors (Lipinski definition) is 2. The Balaban J connectivity index is 3.66. The molecule has 1 radical (unpaired) electrons. The van der Waals surface area contributed by atoms with E-state index in [2.05, 4.69) is 25.3 Å². The zero-order valence-electron chi connectivity index (χ0n) is 8.26. The highest BCUT2D eigenvalue weighted by Crippen LogP contribution is 1.96. The van der Waals surface area contributed by atoms with E-state index in [9.17, 15) is 4.79 Å². The molecule has 12 heavy (non-hydrogen) atoms. The molecule has 0 fully saturated rings. The van der Waals surface area contributed by atoms with Crippen LogP contribution in [0, 0.1) is 6.42 Å². The van der Waals surface area contributed by atoms with Crippen molar-refractivity contribution in [2.75, 3.05) is 19.6 Å². The van der Waals surface area contributed by atoms with Crippen LogP contribution in [0.15, 0.2) is 12.2 Å². The summed E-state index contributed by atoms with van der Waals surface area (Å²) in [5.74, 6) is 0.0573. The van der Waals surface area contributed by atoms with Gasteiger partial charge in [0.15, 0.2) is 5.78 Å². The monoisotopic (exact) mass is 168 g/mol. The first-order chi connectivity index (χ1) is 5.61. The molecule has 0 atom stereocenters. The van der Waals surface area contributed by atoms with Gasteiger partial charge < -0.3 is 4.90 Å². The van der Waals surface area contributed by atoms with Crippen molar-refractivity contribution in [3.8, 4) is 0 Å². The summed E-state index contributed by atoms with van der Waals surface area (Å²) in [7, 11) is 0. The summed E-state index contributed by atoms with van der Waals surface area (Å²) in [6.45, 7) is 12.2. The number of nitrogens with zero attached hydrogens (tertiary/aromatic N) is 1. The lowest BCUT2D eigenvalue weighted by molar-refractivity contribution is -0.112. The predicted octanol–water partition coefficient (Wildman–Crippen LogP) is 1.68. The number of ketones is 1. The summed E-state index contributed by atoms with van der Waals surface area (Å²) in [6, 6.07) is 0. The minimum absolute atomic E-state index is 0.0573. The summed E-state index contributed by atoms with van der Waals surface area (Å²) in [6.07, 6.45) is 1.69. The van der Waals surface area contributed by atoms with Gasteiger partial charge in [-0.2, -0.15) is 0 Å². The van der Waals surface area contributed by atoms with E-state index >= 15 is 0 Å². The molecule has 69 valence electrons. The van der Waals surface area contributed by atoms with Gasteiger partial charge in [-0.1, -0.05) is 20.4 Å². The summed E-state index contributed by atoms with van der Waals surface area (Å²) in [5.41, 5.74) is 0.613. The number of rotatable bonds is 6. The fraction of sp³-hybridized carbons (Fsp3) is 0.600. The Morgan fingerprint density at radius 2 is 1.92 bits per heavy atom. The van der Waals surface area contributed by atoms with Crippen LogP contribution in [0.3, 0.4) is 0 Å². The van der Waals surface area contributed by atoms with Crippen molar-refractivity contribution in [3.05, 3.63) is 18.6 Å². The SMILES string of the molecule is C=C(C)C(=O)[CH]CN(CC)CC. The molecule has 0 bridgehead atoms. The fourth-order valence-corrected chi connectivity index (χ4v) is 0.868. The first-order valence-electron chi connectivity index (χ1n) is 4.37. The lowest BCUT2D eigenvalue weighted by atomic mass is 10.1. The standard InChI is InChI=1S/C10H18NO/c1-5-11(6-2)8-7-10(12)9(3)4/h7H,3,5-6,8H2,1-2,4H3. The molecular formula is C10H18NO. The lowest BCUT2D eigenvalue weighted by Gasteiger charge is -2.16. The van der Waals surface area contributed by atoms with Crippen molar-refractivity contribution >= 4 is 5.78 Å². The van der Waals surface area contributed by atoms with Crippen molar-refractivity contribution < 1.29 is 4.79 Å². The van der Waals surface area contributed by atoms with Crippen molar-refractivity contribution in [1.82, 2.24) is 4.90 Å². The van der Waals surface area contributed by atoms with Gasteiger partial charge in [0.05, 0.1) is 0 Å². The molecule has 0 heterocycles. The molecule has 0 aromatic carbocycles. The molecule has 0 rings (SSSR count). The van der Waals surface area contributed by atoms with Crippen molar-refractivity contribution in [2.24, 2.45) is 0 Å². The quantitative estimate of drug-likeness (QED) is 0.562. The molecule has 0 aromatic heterocycles. The second-order valence-electron chi connectivity index (χ2n) is 2.83. The predicted molar refractivity (Wildman–Crippen MR) is 51.9 cm³/mol. The molecule has 0 aliphatic heterocycles. The lowest BCUT2D eigenvalue weighted by Crippen LogP contribution is -2.26. The average molecular weight is 168 g/mol. The van der Waals surface area contributed by atoms with Crippen LogP contribution in [0.1, 0.15) is 20.8 Å². The van der Waals surface area contributed by atoms with Crippen LogP contribution in [0.4, 0.5) is 0 Å². The molecule has 0 unspecified atom stereocenters. The molecule has 0 spiro atoms. The highest BCUT2D eigenvalue weighted by molar-refractivity contribution is 6.00. The van der Waals surface area contributed by atoms with E-state index in [1.807, 2.05) is 0 Å². The molecule has 0 N–H and O–H groups in total. The van der Waals surface area contributed by atoms with Crippen molar-refractivity contribution in [3.63, 3.8) is 0 Å². The Morgan fingerprint density at radius 3 is 2.25 bits per heavy atom. The third kappa shape index (κ3) is 4.29. The first-order valence-corrected chi connectivity index (χ1v) is 4.37. The summed E-state index contributed by atoms with van der Waals surface area (Å²) in [5, 5.41) is 0. The maximum absolute atomic E-state index is 11.1. The Hall–Kier alpha value is -0.630. The van der Waals surface area contributed by atoms with Crippen LogP contribution in [-0.4, -0.2) is 30.3 Å². The summed E-state index contributed by atoms with van der Waals surface area (Å²) >= 11 is 0. The van der Waals surface area contributed by atoms with Gasteiger partial charge in [0.25, 0.3) is 0 Å². The topological polar surface area (TPSA) is 20.3 Å². The minimum Gasteiger partial charge on any atom is -0.303 e. The largest absolute Gasteiger partial charge is 0.303 e. The zero-order chi connectivity index (χ0) is 9.56. The van der Waals surface area contributed by atoms with Gasteiger partial charge in [0, 0.05) is 13.0 Å². The van der Waals surface area contributed by atoms with E-state index in [1.165, 1.54) is 0 Å². The Morgan fingerprint density at radius 1 is 1.42 bits per heavy atom. The van der Waals surface area contributed by atoms with Gasteiger partial charge in [-0.05, 0) is 25.6 Å². The highest BCUT2D eigenvalue weighted by atomic mass is 16.1. The Bertz CT molecular complexity index is 159. The van der Waals surface area contributed by atoms with Gasteiger partial charge in [-0.15, -0.1) is 0 Å². The number of hydrogen-bond donors (Lipinski definition) is 0. The maximum atomic E-state index is 11.1. The van der Waals surface area contributed by atoms with Crippen LogP contribution in [0.5, 0.6) is 0 Å². The first kappa shape index (κ1) is 11.4. The van der Waals surface area contributed by atoms with E-state index in [0.29, 0.717) is 5.57 Å². The van der Waals surface area contributed by atoms with E-state index in [-0.39, 0.29) is 5.78 Å². The molecule has 0 saturated carbocycles. The van der Waals surface area contributed by atoms with Crippen LogP contribution < -0.4 is 0 Å². The third-order valence-corrected chi connectivity index (χ3v) is 1.85. The second kappa shape index (κ2) is 5.95. The highest BCUT2D eigenvalue weighted by Gasteiger charge is 2.05. The minimum atomic E-state index is 0.0573. The Kier molecular flexibility index (Phi) is 5.64. The van der Waals surface area contributed by atoms with Crippen molar-refractivity contribution in [2.45, 2.75) is 20.8 Å². The van der Waals surface area contributed by atoms with Gasteiger partial charge in [0.2, 0.25) is 0 Å². The van der Waals surface area contributed by atoms with E-state index in [1.54, 1.807) is 13.3 Å². The summed E-state index contributed by atoms with van der Waals surface area (Å²) in [4.78, 5) is 13.3. The smallest absolute Gasteiger partial charge is 0.163 e. The van der Waals surface area contributed by atoms with Crippen LogP contribution in [-0.2, 0) is 4.79 Å². The van der Waals surface area contributed by atoms with Gasteiger partial charge in [0.1, 0.15) is 0 Å². The number of allylic oxidation sites excluding steroid dienone is 1. The number of Topliss-reactive ketones (excluding diaryl/α,β-unsaturated/α-hetero) is 1. The van der Waals surface area contributed by atoms with E-state index < -0.39 is 0 Å². The second-order valence-corrected chi connectivity index (χ2v) is 2.83. The normalized spacial score (nSPS) is 10.3. The number of carbonyl (C=O) groups excluding carboxylic acids is 1. The van der Waals surface area contributed by atoms with Gasteiger partial charge in [-0.25, -0.2) is 0 Å². The summed E-state index contributed by atoms with van der Waals surface area (Å²) < 4.78 is 0. The van der Waals surface area contributed by atoms with Crippen LogP contribution in [0.2, 0.25) is 0 Å². The van der Waals surface area contributed by atoms with E-state index in [0.717, 1.165) is 19.6 Å². The molecule has 2 heteroatoms. The van der Waals surface area contributed by atoms with Crippen LogP contribution >= 0.6 is 0 Å². The molecule has 0 aliphatic rings. The number of carbonyl (C=O) groups is 1. The maximum Gasteiger partial charge on any atom is 0.163 e. The average Bonchev–Trinajstić information content (AvgIpc) is 2.05. The molecule has 2 nitrogen and oxygen atoms in total. The Labute approximate surface area is 75.3 Å². The fourth-order valence-electron chi connectivity index (χ4n) is 0.868. The molecule has 0 amide bonds. The van der Waals surface area contributed by atoms with E-state index in [4.69, 9.17) is 0 Å². The molecule has 0 aliphatic carbocycles. The van der Waals surface area contributed by atoms with Gasteiger partial charge in [-0.3, -0.25) is 4.79 Å². The molecule has 0 aromatic rings.